The third-order valence-electron chi connectivity index (χ3n) is 5.28. The first kappa shape index (κ1) is 19.1. The van der Waals surface area contributed by atoms with E-state index in [-0.39, 0.29) is 12.1 Å². The second-order valence-corrected chi connectivity index (χ2v) is 7.37. The van der Waals surface area contributed by atoms with Gasteiger partial charge in [-0.2, -0.15) is 0 Å². The van der Waals surface area contributed by atoms with Crippen LogP contribution in [0.4, 0.5) is 4.79 Å². The Labute approximate surface area is 171 Å². The molecule has 1 aromatic heterocycles. The Morgan fingerprint density at radius 1 is 1.21 bits per heavy atom. The average Bonchev–Trinajstić information content (AvgIpc) is 3.51. The van der Waals surface area contributed by atoms with E-state index in [9.17, 15) is 4.79 Å². The van der Waals surface area contributed by atoms with E-state index in [1.807, 2.05) is 65.2 Å². The number of hydrogen-bond acceptors (Lipinski definition) is 3. The summed E-state index contributed by atoms with van der Waals surface area (Å²) in [6, 6.07) is 17.6. The van der Waals surface area contributed by atoms with Crippen LogP contribution < -0.4 is 10.1 Å². The minimum atomic E-state index is -0.407. The lowest BCUT2D eigenvalue weighted by Crippen LogP contribution is -2.43. The molecule has 1 aliphatic carbocycles. The summed E-state index contributed by atoms with van der Waals surface area (Å²) < 4.78 is 7.49. The van der Waals surface area contributed by atoms with Crippen molar-refractivity contribution in [3.8, 4) is 5.75 Å². The lowest BCUT2D eigenvalue weighted by Gasteiger charge is -2.27. The topological polar surface area (TPSA) is 59.4 Å². The van der Waals surface area contributed by atoms with Crippen molar-refractivity contribution < 1.29 is 9.53 Å². The fourth-order valence-corrected chi connectivity index (χ4v) is 3.58. The quantitative estimate of drug-likeness (QED) is 0.666. The number of nitrogens with zero attached hydrogens (tertiary/aromatic N) is 3. The number of amides is 2. The van der Waals surface area contributed by atoms with Crippen LogP contribution in [0, 0.1) is 0 Å². The summed E-state index contributed by atoms with van der Waals surface area (Å²) in [5.74, 6) is 1.49. The summed E-state index contributed by atoms with van der Waals surface area (Å²) in [5.41, 5.74) is 2.01. The summed E-state index contributed by atoms with van der Waals surface area (Å²) in [6.07, 6.45) is 5.71. The normalized spacial score (nSPS) is 14.3. The van der Waals surface area contributed by atoms with E-state index < -0.39 is 6.04 Å². The molecule has 1 aliphatic rings. The third-order valence-corrected chi connectivity index (χ3v) is 5.28. The number of para-hydroxylation sites is 1. The highest BCUT2D eigenvalue weighted by atomic mass is 16.5. The number of urea groups is 1. The first-order valence-electron chi connectivity index (χ1n) is 9.88. The van der Waals surface area contributed by atoms with Gasteiger partial charge < -0.3 is 19.5 Å². The molecule has 0 bridgehead atoms. The van der Waals surface area contributed by atoms with Gasteiger partial charge in [0, 0.05) is 37.6 Å². The Hall–Kier alpha value is -3.28. The second kappa shape index (κ2) is 8.39. The van der Waals surface area contributed by atoms with Crippen LogP contribution in [0.1, 0.15) is 35.8 Å². The van der Waals surface area contributed by atoms with E-state index in [0.29, 0.717) is 6.54 Å². The van der Waals surface area contributed by atoms with Gasteiger partial charge in [-0.05, 0) is 24.5 Å². The molecule has 0 spiro atoms. The van der Waals surface area contributed by atoms with Gasteiger partial charge in [0.25, 0.3) is 0 Å². The van der Waals surface area contributed by atoms with E-state index in [1.54, 1.807) is 13.3 Å². The lowest BCUT2D eigenvalue weighted by molar-refractivity contribution is 0.189. The Morgan fingerprint density at radius 2 is 1.93 bits per heavy atom. The number of nitrogens with one attached hydrogen (secondary N) is 1. The lowest BCUT2D eigenvalue weighted by atomic mass is 10.0. The first-order chi connectivity index (χ1) is 14.2. The molecule has 0 saturated heterocycles. The number of aromatic nitrogens is 2. The molecule has 0 radical (unpaired) electrons. The van der Waals surface area contributed by atoms with Crippen molar-refractivity contribution in [1.29, 1.82) is 0 Å². The number of rotatable bonds is 7. The maximum atomic E-state index is 13.4. The van der Waals surface area contributed by atoms with Gasteiger partial charge in [-0.1, -0.05) is 48.5 Å². The molecule has 1 unspecified atom stereocenters. The van der Waals surface area contributed by atoms with Crippen LogP contribution in [0.3, 0.4) is 0 Å². The highest BCUT2D eigenvalue weighted by molar-refractivity contribution is 5.76. The van der Waals surface area contributed by atoms with Crippen LogP contribution in [0.5, 0.6) is 5.75 Å². The second-order valence-electron chi connectivity index (χ2n) is 7.37. The summed E-state index contributed by atoms with van der Waals surface area (Å²) in [5, 5.41) is 3.22. The molecule has 3 aromatic rings. The molecular weight excluding hydrogens is 364 g/mol. The Balaban J connectivity index is 1.63. The molecule has 150 valence electrons. The standard InChI is InChI=1S/C23H26N4O2/c1-26-15-14-24-22(26)21(19-10-6-7-11-20(19)29-2)25-23(28)27(18-12-13-18)16-17-8-4-3-5-9-17/h3-11,14-15,18,21H,12-13,16H2,1-2H3,(H,25,28). The van der Waals surface area contributed by atoms with Gasteiger partial charge in [0.1, 0.15) is 17.6 Å². The van der Waals surface area contributed by atoms with Gasteiger partial charge in [0.2, 0.25) is 0 Å². The zero-order valence-corrected chi connectivity index (χ0v) is 16.8. The molecule has 1 atom stereocenters. The largest absolute Gasteiger partial charge is 0.496 e. The van der Waals surface area contributed by atoms with Gasteiger partial charge >= 0.3 is 6.03 Å². The van der Waals surface area contributed by atoms with Crippen molar-refractivity contribution in [2.75, 3.05) is 7.11 Å². The summed E-state index contributed by atoms with van der Waals surface area (Å²) in [4.78, 5) is 19.8. The molecule has 1 N–H and O–H groups in total. The fraction of sp³-hybridized carbons (Fsp3) is 0.304. The van der Waals surface area contributed by atoms with Crippen molar-refractivity contribution in [1.82, 2.24) is 19.8 Å². The maximum absolute atomic E-state index is 13.4. The summed E-state index contributed by atoms with van der Waals surface area (Å²) in [7, 11) is 3.57. The monoisotopic (exact) mass is 390 g/mol. The summed E-state index contributed by atoms with van der Waals surface area (Å²) >= 11 is 0. The molecular formula is C23H26N4O2. The predicted octanol–water partition coefficient (Wildman–Crippen LogP) is 3.89. The van der Waals surface area contributed by atoms with E-state index >= 15 is 0 Å². The Bertz CT molecular complexity index is 966. The van der Waals surface area contributed by atoms with Crippen LogP contribution in [-0.4, -0.2) is 33.6 Å². The van der Waals surface area contributed by atoms with Crippen LogP contribution >= 0.6 is 0 Å². The minimum Gasteiger partial charge on any atom is -0.496 e. The van der Waals surface area contributed by atoms with Gasteiger partial charge in [-0.15, -0.1) is 0 Å². The van der Waals surface area contributed by atoms with Crippen molar-refractivity contribution in [2.24, 2.45) is 7.05 Å². The van der Waals surface area contributed by atoms with E-state index in [2.05, 4.69) is 22.4 Å². The molecule has 6 nitrogen and oxygen atoms in total. The maximum Gasteiger partial charge on any atom is 0.318 e. The predicted molar refractivity (Wildman–Crippen MR) is 112 cm³/mol. The number of imidazole rings is 1. The fourth-order valence-electron chi connectivity index (χ4n) is 3.58. The van der Waals surface area contributed by atoms with Crippen LogP contribution in [0.25, 0.3) is 0 Å². The SMILES string of the molecule is COc1ccccc1C(NC(=O)N(Cc1ccccc1)C1CC1)c1nccn1C. The minimum absolute atomic E-state index is 0.0877. The molecule has 4 rings (SSSR count). The Morgan fingerprint density at radius 3 is 2.59 bits per heavy atom. The Kier molecular flexibility index (Phi) is 5.51. The number of ether oxygens (including phenoxy) is 1. The van der Waals surface area contributed by atoms with Crippen LogP contribution in [0.2, 0.25) is 0 Å². The number of hydrogen-bond donors (Lipinski definition) is 1. The van der Waals surface area contributed by atoms with Gasteiger partial charge in [0.05, 0.1) is 7.11 Å². The number of carbonyl (C=O) groups is 1. The first-order valence-corrected chi connectivity index (χ1v) is 9.88. The van der Waals surface area contributed by atoms with Gasteiger partial charge in [-0.25, -0.2) is 9.78 Å². The molecule has 6 heteroatoms. The molecule has 1 saturated carbocycles. The van der Waals surface area contributed by atoms with Crippen LogP contribution in [-0.2, 0) is 13.6 Å². The smallest absolute Gasteiger partial charge is 0.318 e. The van der Waals surface area contributed by atoms with Crippen molar-refractivity contribution in [2.45, 2.75) is 31.5 Å². The van der Waals surface area contributed by atoms with Gasteiger partial charge in [-0.3, -0.25) is 0 Å². The number of benzene rings is 2. The molecule has 1 fully saturated rings. The molecule has 0 aliphatic heterocycles. The highest BCUT2D eigenvalue weighted by Gasteiger charge is 2.34. The molecule has 29 heavy (non-hydrogen) atoms. The van der Waals surface area contributed by atoms with Crippen molar-refractivity contribution in [3.63, 3.8) is 0 Å². The number of aryl methyl sites for hydroxylation is 1. The van der Waals surface area contributed by atoms with E-state index in [0.717, 1.165) is 35.5 Å². The van der Waals surface area contributed by atoms with Crippen LogP contribution in [0.15, 0.2) is 67.0 Å². The molecule has 2 amide bonds. The average molecular weight is 390 g/mol. The highest BCUT2D eigenvalue weighted by Crippen LogP contribution is 2.32. The third kappa shape index (κ3) is 4.26. The number of methoxy groups -OCH3 is 1. The van der Waals surface area contributed by atoms with Gasteiger partial charge in [0.15, 0.2) is 0 Å². The molecule has 1 heterocycles. The van der Waals surface area contributed by atoms with E-state index in [4.69, 9.17) is 4.74 Å². The zero-order valence-electron chi connectivity index (χ0n) is 16.8. The molecule has 2 aromatic carbocycles. The van der Waals surface area contributed by atoms with Crippen molar-refractivity contribution in [3.05, 3.63) is 83.9 Å². The van der Waals surface area contributed by atoms with Crippen molar-refractivity contribution >= 4 is 6.03 Å². The van der Waals surface area contributed by atoms with E-state index in [1.165, 1.54) is 0 Å². The number of carbonyl (C=O) groups excluding carboxylic acids is 1. The summed E-state index contributed by atoms with van der Waals surface area (Å²) in [6.45, 7) is 0.594. The zero-order chi connectivity index (χ0) is 20.2.